The van der Waals surface area contributed by atoms with Crippen molar-refractivity contribution < 1.29 is 4.74 Å². The van der Waals surface area contributed by atoms with Gasteiger partial charge in [0.2, 0.25) is 0 Å². The Hall–Kier alpha value is -0.930. The topological polar surface area (TPSA) is 34.2 Å². The second kappa shape index (κ2) is 8.25. The fourth-order valence-corrected chi connectivity index (χ4v) is 1.66. The third-order valence-electron chi connectivity index (χ3n) is 2.61. The monoisotopic (exact) mass is 222 g/mol. The third-order valence-corrected chi connectivity index (χ3v) is 2.61. The van der Waals surface area contributed by atoms with Gasteiger partial charge in [-0.25, -0.2) is 0 Å². The van der Waals surface area contributed by atoms with E-state index in [1.807, 2.05) is 12.3 Å². The Morgan fingerprint density at radius 2 is 2.25 bits per heavy atom. The van der Waals surface area contributed by atoms with Gasteiger partial charge in [0.05, 0.1) is 5.69 Å². The number of unbranched alkanes of at least 4 members (excludes halogenated alkanes) is 1. The van der Waals surface area contributed by atoms with E-state index < -0.39 is 0 Å². The van der Waals surface area contributed by atoms with Gasteiger partial charge in [0.15, 0.2) is 0 Å². The largest absolute Gasteiger partial charge is 0.385 e. The van der Waals surface area contributed by atoms with Crippen LogP contribution in [0.1, 0.15) is 31.0 Å². The lowest BCUT2D eigenvalue weighted by Crippen LogP contribution is -2.17. The van der Waals surface area contributed by atoms with E-state index >= 15 is 0 Å². The summed E-state index contributed by atoms with van der Waals surface area (Å²) in [5, 5.41) is 3.42. The van der Waals surface area contributed by atoms with E-state index in [4.69, 9.17) is 4.74 Å². The average molecular weight is 222 g/mol. The molecule has 0 spiro atoms. The molecule has 0 aromatic carbocycles. The van der Waals surface area contributed by atoms with Crippen LogP contribution in [0.25, 0.3) is 0 Å². The summed E-state index contributed by atoms with van der Waals surface area (Å²) in [6.45, 7) is 4.92. The first kappa shape index (κ1) is 13.1. The highest BCUT2D eigenvalue weighted by Gasteiger charge is 1.99. The number of nitrogens with one attached hydrogen (secondary N) is 1. The van der Waals surface area contributed by atoms with Gasteiger partial charge < -0.3 is 10.1 Å². The minimum absolute atomic E-state index is 0.853. The summed E-state index contributed by atoms with van der Waals surface area (Å²) >= 11 is 0. The summed E-state index contributed by atoms with van der Waals surface area (Å²) in [4.78, 5) is 4.40. The Bertz CT molecular complexity index is 289. The van der Waals surface area contributed by atoms with E-state index in [1.54, 1.807) is 7.11 Å². The highest BCUT2D eigenvalue weighted by Crippen LogP contribution is 2.05. The van der Waals surface area contributed by atoms with Crippen LogP contribution < -0.4 is 5.32 Å². The van der Waals surface area contributed by atoms with Gasteiger partial charge in [0.1, 0.15) is 0 Å². The van der Waals surface area contributed by atoms with Crippen molar-refractivity contribution in [3.8, 4) is 0 Å². The summed E-state index contributed by atoms with van der Waals surface area (Å²) in [7, 11) is 1.74. The summed E-state index contributed by atoms with van der Waals surface area (Å²) in [5.74, 6) is 0. The molecular weight excluding hydrogens is 200 g/mol. The highest BCUT2D eigenvalue weighted by atomic mass is 16.5. The quantitative estimate of drug-likeness (QED) is 0.684. The summed E-state index contributed by atoms with van der Waals surface area (Å²) in [6, 6.07) is 4.15. The zero-order valence-electron chi connectivity index (χ0n) is 10.3. The lowest BCUT2D eigenvalue weighted by atomic mass is 10.1. The van der Waals surface area contributed by atoms with Gasteiger partial charge in [-0.1, -0.05) is 13.0 Å². The fraction of sp³-hybridized carbons (Fsp3) is 0.615. The van der Waals surface area contributed by atoms with Crippen LogP contribution in [-0.4, -0.2) is 25.2 Å². The van der Waals surface area contributed by atoms with E-state index in [0.29, 0.717) is 0 Å². The maximum Gasteiger partial charge on any atom is 0.0573 e. The molecule has 0 saturated carbocycles. The second-order valence-corrected chi connectivity index (χ2v) is 3.84. The van der Waals surface area contributed by atoms with Gasteiger partial charge in [-0.05, 0) is 37.4 Å². The van der Waals surface area contributed by atoms with Gasteiger partial charge >= 0.3 is 0 Å². The molecule has 3 nitrogen and oxygen atoms in total. The number of aryl methyl sites for hydroxylation is 1. The fourth-order valence-electron chi connectivity index (χ4n) is 1.66. The van der Waals surface area contributed by atoms with Crippen LogP contribution in [0.5, 0.6) is 0 Å². The number of ether oxygens (including phenoxy) is 1. The average Bonchev–Trinajstić information content (AvgIpc) is 2.34. The lowest BCUT2D eigenvalue weighted by molar-refractivity contribution is 0.192. The van der Waals surface area contributed by atoms with Crippen molar-refractivity contribution >= 4 is 0 Å². The van der Waals surface area contributed by atoms with Crippen molar-refractivity contribution in [2.75, 3.05) is 20.3 Å². The maximum absolute atomic E-state index is 5.00. The molecule has 0 bridgehead atoms. The molecule has 90 valence electrons. The van der Waals surface area contributed by atoms with Crippen LogP contribution in [-0.2, 0) is 17.7 Å². The molecule has 0 atom stereocenters. The van der Waals surface area contributed by atoms with Crippen LogP contribution in [0.2, 0.25) is 0 Å². The molecule has 3 heteroatoms. The molecule has 0 unspecified atom stereocenters. The molecule has 1 rings (SSSR count). The minimum atomic E-state index is 0.853. The van der Waals surface area contributed by atoms with Gasteiger partial charge in [-0.3, -0.25) is 4.98 Å². The van der Waals surface area contributed by atoms with E-state index in [-0.39, 0.29) is 0 Å². The Morgan fingerprint density at radius 3 is 3.00 bits per heavy atom. The molecular formula is C13H22N2O. The number of nitrogens with zero attached hydrogens (tertiary/aromatic N) is 1. The molecule has 0 fully saturated rings. The van der Waals surface area contributed by atoms with Crippen LogP contribution in [0, 0.1) is 0 Å². The molecule has 16 heavy (non-hydrogen) atoms. The second-order valence-electron chi connectivity index (χ2n) is 3.84. The number of pyridine rings is 1. The van der Waals surface area contributed by atoms with Crippen molar-refractivity contribution in [2.45, 2.75) is 32.7 Å². The van der Waals surface area contributed by atoms with Crippen LogP contribution in [0.4, 0.5) is 0 Å². The number of aromatic nitrogens is 1. The summed E-state index contributed by atoms with van der Waals surface area (Å²) < 4.78 is 5.00. The van der Waals surface area contributed by atoms with Crippen molar-refractivity contribution in [3.05, 3.63) is 29.6 Å². The van der Waals surface area contributed by atoms with Crippen LogP contribution in [0.3, 0.4) is 0 Å². The zero-order valence-corrected chi connectivity index (χ0v) is 10.3. The summed E-state index contributed by atoms with van der Waals surface area (Å²) in [5.41, 5.74) is 2.52. The molecule has 0 amide bonds. The van der Waals surface area contributed by atoms with E-state index in [2.05, 4.69) is 23.3 Å². The van der Waals surface area contributed by atoms with E-state index in [0.717, 1.165) is 39.0 Å². The molecule has 1 N–H and O–H groups in total. The first-order valence-electron chi connectivity index (χ1n) is 6.01. The Morgan fingerprint density at radius 1 is 1.38 bits per heavy atom. The van der Waals surface area contributed by atoms with Crippen molar-refractivity contribution in [3.63, 3.8) is 0 Å². The predicted octanol–water partition coefficient (Wildman–Crippen LogP) is 2.16. The number of methoxy groups -OCH3 is 1. The van der Waals surface area contributed by atoms with Gasteiger partial charge in [0.25, 0.3) is 0 Å². The molecule has 0 saturated heterocycles. The standard InChI is InChI=1S/C13H22N2O/c1-3-12-7-6-9-15-13(12)11-14-8-4-5-10-16-2/h6-7,9,14H,3-5,8,10-11H2,1-2H3. The molecule has 0 radical (unpaired) electrons. The van der Waals surface area contributed by atoms with Crippen molar-refractivity contribution in [1.29, 1.82) is 0 Å². The molecule has 1 aromatic heterocycles. The van der Waals surface area contributed by atoms with Crippen LogP contribution in [0.15, 0.2) is 18.3 Å². The third kappa shape index (κ3) is 4.73. The summed E-state index contributed by atoms with van der Waals surface area (Å²) in [6.07, 6.45) is 5.18. The van der Waals surface area contributed by atoms with Gasteiger partial charge in [-0.2, -0.15) is 0 Å². The highest BCUT2D eigenvalue weighted by molar-refractivity contribution is 5.19. The van der Waals surface area contributed by atoms with Gasteiger partial charge in [0, 0.05) is 26.5 Å². The number of hydrogen-bond donors (Lipinski definition) is 1. The van der Waals surface area contributed by atoms with Crippen LogP contribution >= 0.6 is 0 Å². The first-order valence-corrected chi connectivity index (χ1v) is 6.01. The van der Waals surface area contributed by atoms with E-state index in [9.17, 15) is 0 Å². The molecule has 0 aliphatic heterocycles. The molecule has 0 aliphatic rings. The normalized spacial score (nSPS) is 10.6. The molecule has 1 heterocycles. The Labute approximate surface area is 98.2 Å². The van der Waals surface area contributed by atoms with Crippen molar-refractivity contribution in [1.82, 2.24) is 10.3 Å². The first-order chi connectivity index (χ1) is 7.88. The number of hydrogen-bond acceptors (Lipinski definition) is 3. The SMILES string of the molecule is CCc1cccnc1CNCCCCOC. The Balaban J connectivity index is 2.21. The number of rotatable bonds is 8. The predicted molar refractivity (Wildman–Crippen MR) is 66.4 cm³/mol. The Kier molecular flexibility index (Phi) is 6.77. The molecule has 0 aliphatic carbocycles. The molecule has 1 aromatic rings. The zero-order chi connectivity index (χ0) is 11.6. The lowest BCUT2D eigenvalue weighted by Gasteiger charge is -2.07. The minimum Gasteiger partial charge on any atom is -0.385 e. The van der Waals surface area contributed by atoms with E-state index in [1.165, 1.54) is 11.3 Å². The maximum atomic E-state index is 5.00. The van der Waals surface area contributed by atoms with Gasteiger partial charge in [-0.15, -0.1) is 0 Å². The van der Waals surface area contributed by atoms with Crippen molar-refractivity contribution in [2.24, 2.45) is 0 Å². The smallest absolute Gasteiger partial charge is 0.0573 e.